The third kappa shape index (κ3) is 6.30. The summed E-state index contributed by atoms with van der Waals surface area (Å²) in [5, 5.41) is 0. The maximum absolute atomic E-state index is 5.68. The van der Waals surface area contributed by atoms with Crippen LogP contribution >= 0.6 is 0 Å². The molecule has 0 N–H and O–H groups in total. The van der Waals surface area contributed by atoms with E-state index in [0.29, 0.717) is 5.92 Å². The fourth-order valence-corrected chi connectivity index (χ4v) is 2.54. The highest BCUT2D eigenvalue weighted by Gasteiger charge is 2.03. The normalized spacial score (nSPS) is 14.1. The third-order valence-electron chi connectivity index (χ3n) is 1.41. The summed E-state index contributed by atoms with van der Waals surface area (Å²) < 4.78 is 5.68. The Bertz CT molecular complexity index is 73.7. The quantitative estimate of drug-likeness (QED) is 0.561. The molecular weight excluding hydrogens is 140 g/mol. The fourth-order valence-electron chi connectivity index (χ4n) is 0.847. The summed E-state index contributed by atoms with van der Waals surface area (Å²) in [4.78, 5) is 0. The topological polar surface area (TPSA) is 9.23 Å². The molecule has 0 saturated heterocycles. The Morgan fingerprint density at radius 2 is 2.00 bits per heavy atom. The van der Waals surface area contributed by atoms with Gasteiger partial charge in [0, 0.05) is 6.61 Å². The Balaban J connectivity index is 3.12. The molecule has 1 nitrogen and oxygen atoms in total. The van der Waals surface area contributed by atoms with E-state index in [-0.39, 0.29) is 0 Å². The molecule has 0 fully saturated rings. The molecular formula is C8H20OSi. The molecule has 0 heterocycles. The van der Waals surface area contributed by atoms with E-state index in [9.17, 15) is 0 Å². The van der Waals surface area contributed by atoms with Crippen molar-refractivity contribution >= 4 is 9.04 Å². The van der Waals surface area contributed by atoms with Crippen LogP contribution in [0.1, 0.15) is 27.2 Å². The standard InChI is InChI=1S/C8H20OSi/c1-5-6-10(4)9-7-8(2)3/h8,10H,5-7H2,1-4H3. The molecule has 0 radical (unpaired) electrons. The number of hydrogen-bond donors (Lipinski definition) is 0. The lowest BCUT2D eigenvalue weighted by molar-refractivity contribution is 0.273. The average molecular weight is 160 g/mol. The van der Waals surface area contributed by atoms with Gasteiger partial charge in [-0.3, -0.25) is 0 Å². The van der Waals surface area contributed by atoms with E-state index >= 15 is 0 Å². The molecule has 0 rings (SSSR count). The summed E-state index contributed by atoms with van der Waals surface area (Å²) in [5.74, 6) is 0.701. The summed E-state index contributed by atoms with van der Waals surface area (Å²) in [7, 11) is -0.758. The van der Waals surface area contributed by atoms with E-state index < -0.39 is 9.04 Å². The Morgan fingerprint density at radius 3 is 2.40 bits per heavy atom. The highest BCUT2D eigenvalue weighted by molar-refractivity contribution is 6.50. The van der Waals surface area contributed by atoms with Crippen molar-refractivity contribution in [1.82, 2.24) is 0 Å². The van der Waals surface area contributed by atoms with Crippen LogP contribution in [-0.4, -0.2) is 15.6 Å². The maximum Gasteiger partial charge on any atom is 0.173 e. The Labute approximate surface area is 66.5 Å². The van der Waals surface area contributed by atoms with Crippen LogP contribution in [-0.2, 0) is 4.43 Å². The van der Waals surface area contributed by atoms with E-state index in [4.69, 9.17) is 4.43 Å². The molecule has 0 bridgehead atoms. The first kappa shape index (κ1) is 10.2. The maximum atomic E-state index is 5.68. The van der Waals surface area contributed by atoms with Gasteiger partial charge < -0.3 is 4.43 Å². The van der Waals surface area contributed by atoms with Gasteiger partial charge in [0.15, 0.2) is 9.04 Å². The van der Waals surface area contributed by atoms with E-state index in [1.54, 1.807) is 0 Å². The van der Waals surface area contributed by atoms with Crippen molar-refractivity contribution in [3.05, 3.63) is 0 Å². The third-order valence-corrected chi connectivity index (χ3v) is 3.56. The van der Waals surface area contributed by atoms with Gasteiger partial charge in [-0.15, -0.1) is 0 Å². The zero-order valence-corrected chi connectivity index (χ0v) is 8.84. The van der Waals surface area contributed by atoms with Crippen molar-refractivity contribution in [2.24, 2.45) is 5.92 Å². The minimum absolute atomic E-state index is 0.701. The van der Waals surface area contributed by atoms with Crippen molar-refractivity contribution in [3.8, 4) is 0 Å². The largest absolute Gasteiger partial charge is 0.420 e. The first-order chi connectivity index (χ1) is 4.66. The van der Waals surface area contributed by atoms with Gasteiger partial charge in [0.2, 0.25) is 0 Å². The molecule has 1 atom stereocenters. The molecule has 0 aliphatic rings. The van der Waals surface area contributed by atoms with Crippen molar-refractivity contribution in [1.29, 1.82) is 0 Å². The van der Waals surface area contributed by atoms with E-state index in [1.807, 2.05) is 0 Å². The summed E-state index contributed by atoms with van der Waals surface area (Å²) in [6, 6.07) is 1.33. The molecule has 0 aliphatic carbocycles. The molecule has 0 amide bonds. The molecule has 0 aromatic rings. The minimum atomic E-state index is -0.758. The zero-order chi connectivity index (χ0) is 7.98. The summed E-state index contributed by atoms with van der Waals surface area (Å²) in [6.07, 6.45) is 1.28. The number of rotatable bonds is 5. The summed E-state index contributed by atoms with van der Waals surface area (Å²) in [5.41, 5.74) is 0. The van der Waals surface area contributed by atoms with Gasteiger partial charge in [-0.2, -0.15) is 0 Å². The summed E-state index contributed by atoms with van der Waals surface area (Å²) >= 11 is 0. The zero-order valence-electron chi connectivity index (χ0n) is 7.68. The molecule has 0 spiro atoms. The minimum Gasteiger partial charge on any atom is -0.420 e. The second kappa shape index (κ2) is 5.92. The molecule has 0 saturated carbocycles. The molecule has 0 aromatic carbocycles. The first-order valence-corrected chi connectivity index (χ1v) is 6.72. The van der Waals surface area contributed by atoms with Gasteiger partial charge in [-0.05, 0) is 18.5 Å². The van der Waals surface area contributed by atoms with Crippen molar-refractivity contribution < 1.29 is 4.43 Å². The molecule has 10 heavy (non-hydrogen) atoms. The van der Waals surface area contributed by atoms with Gasteiger partial charge in [0.1, 0.15) is 0 Å². The van der Waals surface area contributed by atoms with Crippen LogP contribution in [0.5, 0.6) is 0 Å². The van der Waals surface area contributed by atoms with Crippen LogP contribution in [0.15, 0.2) is 0 Å². The smallest absolute Gasteiger partial charge is 0.173 e. The highest BCUT2D eigenvalue weighted by Crippen LogP contribution is 2.01. The van der Waals surface area contributed by atoms with Gasteiger partial charge in [0.25, 0.3) is 0 Å². The van der Waals surface area contributed by atoms with Gasteiger partial charge in [-0.25, -0.2) is 0 Å². The lowest BCUT2D eigenvalue weighted by Gasteiger charge is -2.11. The fraction of sp³-hybridized carbons (Fsp3) is 1.00. The van der Waals surface area contributed by atoms with Gasteiger partial charge in [0.05, 0.1) is 0 Å². The lowest BCUT2D eigenvalue weighted by atomic mass is 10.2. The van der Waals surface area contributed by atoms with Crippen LogP contribution in [0.25, 0.3) is 0 Å². The molecule has 0 aromatic heterocycles. The second-order valence-corrected chi connectivity index (χ2v) is 5.86. The number of hydrogen-bond acceptors (Lipinski definition) is 1. The Hall–Kier alpha value is 0.177. The highest BCUT2D eigenvalue weighted by atomic mass is 28.3. The molecule has 1 unspecified atom stereocenters. The molecule has 62 valence electrons. The van der Waals surface area contributed by atoms with E-state index in [0.717, 1.165) is 6.61 Å². The summed E-state index contributed by atoms with van der Waals surface area (Å²) in [6.45, 7) is 9.88. The van der Waals surface area contributed by atoms with Crippen LogP contribution in [0.4, 0.5) is 0 Å². The Kier molecular flexibility index (Phi) is 6.03. The average Bonchev–Trinajstić information content (AvgIpc) is 1.85. The van der Waals surface area contributed by atoms with Crippen molar-refractivity contribution in [2.75, 3.05) is 6.61 Å². The first-order valence-electron chi connectivity index (χ1n) is 4.28. The van der Waals surface area contributed by atoms with E-state index in [1.165, 1.54) is 12.5 Å². The van der Waals surface area contributed by atoms with Crippen molar-refractivity contribution in [3.63, 3.8) is 0 Å². The van der Waals surface area contributed by atoms with Crippen LogP contribution in [0.2, 0.25) is 12.6 Å². The SMILES string of the molecule is CCC[SiH](C)OCC(C)C. The molecule has 0 aliphatic heterocycles. The van der Waals surface area contributed by atoms with Crippen LogP contribution in [0, 0.1) is 5.92 Å². The molecule has 2 heteroatoms. The predicted octanol–water partition coefficient (Wildman–Crippen LogP) is 2.42. The van der Waals surface area contributed by atoms with Crippen LogP contribution < -0.4 is 0 Å². The monoisotopic (exact) mass is 160 g/mol. The van der Waals surface area contributed by atoms with Gasteiger partial charge >= 0.3 is 0 Å². The van der Waals surface area contributed by atoms with Gasteiger partial charge in [-0.1, -0.05) is 27.2 Å². The second-order valence-electron chi connectivity index (χ2n) is 3.33. The van der Waals surface area contributed by atoms with Crippen molar-refractivity contribution in [2.45, 2.75) is 39.8 Å². The van der Waals surface area contributed by atoms with E-state index in [2.05, 4.69) is 27.3 Å². The Morgan fingerprint density at radius 1 is 1.40 bits per heavy atom. The predicted molar refractivity (Wildman–Crippen MR) is 48.9 cm³/mol. The van der Waals surface area contributed by atoms with Crippen LogP contribution in [0.3, 0.4) is 0 Å². The lowest BCUT2D eigenvalue weighted by Crippen LogP contribution is -2.16.